The van der Waals surface area contributed by atoms with Crippen molar-refractivity contribution >= 4 is 11.9 Å². The first-order valence-corrected chi connectivity index (χ1v) is 10.8. The lowest BCUT2D eigenvalue weighted by Gasteiger charge is -2.53. The van der Waals surface area contributed by atoms with Crippen LogP contribution in [0.25, 0.3) is 22.5 Å². The lowest BCUT2D eigenvalue weighted by Crippen LogP contribution is -2.60. The number of likely N-dealkylation sites (tertiary alicyclic amines) is 1. The number of ether oxygens (including phenoxy) is 1. The van der Waals surface area contributed by atoms with Crippen molar-refractivity contribution in [2.24, 2.45) is 5.41 Å². The minimum atomic E-state index is -5.24. The van der Waals surface area contributed by atoms with Crippen LogP contribution in [-0.2, 0) is 4.79 Å². The van der Waals surface area contributed by atoms with Crippen molar-refractivity contribution in [1.82, 2.24) is 35.5 Å². The zero-order valence-electron chi connectivity index (χ0n) is 18.6. The molecular formula is C21H21F3N8O3. The maximum atomic E-state index is 12.9. The van der Waals surface area contributed by atoms with E-state index in [0.717, 1.165) is 45.1 Å². The Labute approximate surface area is 196 Å². The first kappa shape index (κ1) is 23.0. The van der Waals surface area contributed by atoms with Crippen molar-refractivity contribution in [1.29, 1.82) is 0 Å². The number of halogens is 3. The number of hydrogen-bond donors (Lipinski definition) is 2. The predicted molar refractivity (Wildman–Crippen MR) is 115 cm³/mol. The molecule has 5 rings (SSSR count). The Morgan fingerprint density at radius 2 is 1.89 bits per heavy atom. The third kappa shape index (κ3) is 4.48. The van der Waals surface area contributed by atoms with Gasteiger partial charge in [-0.3, -0.25) is 0 Å². The Kier molecular flexibility index (Phi) is 5.54. The Balaban J connectivity index is 1.42. The van der Waals surface area contributed by atoms with E-state index in [-0.39, 0.29) is 27.9 Å². The number of piperidine rings is 1. The van der Waals surface area contributed by atoms with Gasteiger partial charge in [-0.2, -0.15) is 28.6 Å². The minimum Gasteiger partial charge on any atom is -0.507 e. The SMILES string of the molecule is CN1CCC2(CC1)CN(c1ncc(-c3c(O)cc(-c4cn[nH]n4)cc3OC(=O)C(F)(F)F)nn1)C2. The minimum absolute atomic E-state index is 0.0579. The molecule has 2 aliphatic heterocycles. The number of aromatic hydroxyl groups is 1. The van der Waals surface area contributed by atoms with Crippen LogP contribution in [0.3, 0.4) is 0 Å². The zero-order chi connectivity index (χ0) is 24.8. The quantitative estimate of drug-likeness (QED) is 0.413. The molecule has 2 fully saturated rings. The van der Waals surface area contributed by atoms with E-state index in [2.05, 4.69) is 47.3 Å². The monoisotopic (exact) mass is 490 g/mol. The van der Waals surface area contributed by atoms with Crippen molar-refractivity contribution in [3.8, 4) is 34.0 Å². The van der Waals surface area contributed by atoms with Gasteiger partial charge >= 0.3 is 12.1 Å². The van der Waals surface area contributed by atoms with Crippen LogP contribution in [-0.4, -0.2) is 86.0 Å². The van der Waals surface area contributed by atoms with Gasteiger partial charge in [0.15, 0.2) is 0 Å². The van der Waals surface area contributed by atoms with E-state index in [0.29, 0.717) is 5.95 Å². The fourth-order valence-electron chi connectivity index (χ4n) is 4.43. The third-order valence-electron chi connectivity index (χ3n) is 6.41. The van der Waals surface area contributed by atoms with Crippen LogP contribution in [0.15, 0.2) is 24.5 Å². The molecule has 11 nitrogen and oxygen atoms in total. The third-order valence-corrected chi connectivity index (χ3v) is 6.41. The number of carbonyl (C=O) groups is 1. The molecule has 0 radical (unpaired) electrons. The van der Waals surface area contributed by atoms with E-state index in [1.54, 1.807) is 0 Å². The molecular weight excluding hydrogens is 469 g/mol. The summed E-state index contributed by atoms with van der Waals surface area (Å²) in [5.74, 6) is -3.13. The highest BCUT2D eigenvalue weighted by atomic mass is 19.4. The number of nitrogens with zero attached hydrogens (tertiary/aromatic N) is 7. The van der Waals surface area contributed by atoms with Gasteiger partial charge in [0.2, 0.25) is 5.95 Å². The summed E-state index contributed by atoms with van der Waals surface area (Å²) in [5, 5.41) is 28.6. The summed E-state index contributed by atoms with van der Waals surface area (Å²) in [5.41, 5.74) is 0.319. The van der Waals surface area contributed by atoms with E-state index in [4.69, 9.17) is 0 Å². The van der Waals surface area contributed by atoms with Crippen LogP contribution in [0.5, 0.6) is 11.5 Å². The number of phenols is 1. The van der Waals surface area contributed by atoms with Crippen molar-refractivity contribution in [2.75, 3.05) is 38.1 Å². The molecule has 0 bridgehead atoms. The number of aromatic amines is 1. The van der Waals surface area contributed by atoms with Gasteiger partial charge in [-0.25, -0.2) is 9.78 Å². The maximum absolute atomic E-state index is 12.9. The highest BCUT2D eigenvalue weighted by molar-refractivity contribution is 5.85. The summed E-state index contributed by atoms with van der Waals surface area (Å²) in [6.45, 7) is 3.67. The molecule has 0 amide bonds. The van der Waals surface area contributed by atoms with Gasteiger partial charge in [-0.1, -0.05) is 0 Å². The van der Waals surface area contributed by atoms with Crippen LogP contribution in [0.2, 0.25) is 0 Å². The van der Waals surface area contributed by atoms with Crippen LogP contribution >= 0.6 is 0 Å². The fourth-order valence-corrected chi connectivity index (χ4v) is 4.43. The van der Waals surface area contributed by atoms with Crippen LogP contribution < -0.4 is 9.64 Å². The number of anilines is 1. The molecule has 0 atom stereocenters. The lowest BCUT2D eigenvalue weighted by molar-refractivity contribution is -0.189. The molecule has 2 aromatic heterocycles. The van der Waals surface area contributed by atoms with E-state index in [1.165, 1.54) is 18.5 Å². The van der Waals surface area contributed by atoms with Crippen molar-refractivity contribution in [3.05, 3.63) is 24.5 Å². The molecule has 184 valence electrons. The van der Waals surface area contributed by atoms with E-state index >= 15 is 0 Å². The standard InChI is InChI=1S/C21H21F3N8O3/c1-31-4-2-20(3-5-31)10-32(11-20)19-25-8-14(27-29-19)17-15(33)6-12(13-9-26-30-28-13)7-16(17)35-18(34)21(22,23)24/h6-9,33H,2-5,10-11H2,1H3,(H,26,28,30). The number of carbonyl (C=O) groups excluding carboxylic acids is 1. The number of hydrogen-bond acceptors (Lipinski definition) is 10. The molecule has 2 aliphatic rings. The Morgan fingerprint density at radius 3 is 2.49 bits per heavy atom. The van der Waals surface area contributed by atoms with Gasteiger partial charge in [-0.15, -0.1) is 10.2 Å². The Morgan fingerprint density at radius 1 is 1.14 bits per heavy atom. The Bertz CT molecular complexity index is 1220. The molecule has 35 heavy (non-hydrogen) atoms. The van der Waals surface area contributed by atoms with Crippen molar-refractivity contribution in [3.63, 3.8) is 0 Å². The number of alkyl halides is 3. The molecule has 2 N–H and O–H groups in total. The first-order chi connectivity index (χ1) is 16.6. The van der Waals surface area contributed by atoms with Gasteiger partial charge in [0, 0.05) is 24.1 Å². The van der Waals surface area contributed by atoms with Gasteiger partial charge in [0.1, 0.15) is 22.9 Å². The molecule has 2 saturated heterocycles. The second kappa shape index (κ2) is 8.45. The number of phenolic OH excluding ortho intramolecular Hbond substituents is 1. The molecule has 1 spiro atoms. The van der Waals surface area contributed by atoms with Gasteiger partial charge in [0.05, 0.1) is 18.0 Å². The number of benzene rings is 1. The molecule has 4 heterocycles. The van der Waals surface area contributed by atoms with Crippen LogP contribution in [0, 0.1) is 5.41 Å². The number of esters is 1. The molecule has 14 heteroatoms. The van der Waals surface area contributed by atoms with Crippen molar-refractivity contribution < 1.29 is 27.8 Å². The number of H-pyrrole nitrogens is 1. The molecule has 3 aromatic rings. The van der Waals surface area contributed by atoms with Crippen LogP contribution in [0.4, 0.5) is 19.1 Å². The van der Waals surface area contributed by atoms with Crippen LogP contribution in [0.1, 0.15) is 12.8 Å². The van der Waals surface area contributed by atoms with Crippen molar-refractivity contribution in [2.45, 2.75) is 19.0 Å². The average Bonchev–Trinajstić information content (AvgIpc) is 3.33. The van der Waals surface area contributed by atoms with Gasteiger partial charge in [-0.05, 0) is 45.1 Å². The predicted octanol–water partition coefficient (Wildman–Crippen LogP) is 2.03. The topological polar surface area (TPSA) is 133 Å². The summed E-state index contributed by atoms with van der Waals surface area (Å²) < 4.78 is 43.3. The number of aromatic nitrogens is 6. The molecule has 0 aliphatic carbocycles. The average molecular weight is 490 g/mol. The zero-order valence-corrected chi connectivity index (χ0v) is 18.6. The summed E-state index contributed by atoms with van der Waals surface area (Å²) in [6, 6.07) is 2.37. The number of nitrogens with one attached hydrogen (secondary N) is 1. The van der Waals surface area contributed by atoms with Gasteiger partial charge < -0.3 is 19.6 Å². The summed E-state index contributed by atoms with van der Waals surface area (Å²) in [4.78, 5) is 20.1. The van der Waals surface area contributed by atoms with E-state index in [1.807, 2.05) is 4.90 Å². The number of rotatable bonds is 4. The fraction of sp³-hybridized carbons (Fsp3) is 0.429. The Hall–Kier alpha value is -3.81. The largest absolute Gasteiger partial charge is 0.507 e. The summed E-state index contributed by atoms with van der Waals surface area (Å²) in [6.07, 6.45) is -0.496. The highest BCUT2D eigenvalue weighted by Crippen LogP contribution is 2.43. The summed E-state index contributed by atoms with van der Waals surface area (Å²) in [7, 11) is 2.10. The van der Waals surface area contributed by atoms with E-state index < -0.39 is 23.6 Å². The molecule has 0 saturated carbocycles. The highest BCUT2D eigenvalue weighted by Gasteiger charge is 2.45. The first-order valence-electron chi connectivity index (χ1n) is 10.8. The second-order valence-electron chi connectivity index (χ2n) is 8.91. The smallest absolute Gasteiger partial charge is 0.491 e. The lowest BCUT2D eigenvalue weighted by atomic mass is 9.72. The normalized spacial score (nSPS) is 17.9. The second-order valence-corrected chi connectivity index (χ2v) is 8.91. The molecule has 0 unspecified atom stereocenters. The van der Waals surface area contributed by atoms with E-state index in [9.17, 15) is 23.1 Å². The molecule has 1 aromatic carbocycles. The van der Waals surface area contributed by atoms with Gasteiger partial charge in [0.25, 0.3) is 0 Å². The summed E-state index contributed by atoms with van der Waals surface area (Å²) >= 11 is 0. The maximum Gasteiger partial charge on any atom is 0.491 e.